The fourth-order valence-electron chi connectivity index (χ4n) is 3.10. The SMILES string of the molecule is CC1=CC2=C(CCCC2)[C]1(C)[Ti]([NH]C=O)[NH]C=O. The topological polar surface area (TPSA) is 58.2 Å². The van der Waals surface area contributed by atoms with Crippen molar-refractivity contribution in [3.8, 4) is 0 Å². The maximum absolute atomic E-state index is 10.8. The van der Waals surface area contributed by atoms with Crippen molar-refractivity contribution in [3.63, 3.8) is 0 Å². The normalized spacial score (nSPS) is 26.2. The van der Waals surface area contributed by atoms with Gasteiger partial charge in [-0.15, -0.1) is 0 Å². The van der Waals surface area contributed by atoms with Gasteiger partial charge >= 0.3 is 114 Å². The van der Waals surface area contributed by atoms with Crippen molar-refractivity contribution in [2.75, 3.05) is 0 Å². The molecule has 4 nitrogen and oxygen atoms in total. The first-order valence-corrected chi connectivity index (χ1v) is 8.68. The van der Waals surface area contributed by atoms with Gasteiger partial charge in [0.2, 0.25) is 0 Å². The molecule has 1 atom stereocenters. The van der Waals surface area contributed by atoms with E-state index in [4.69, 9.17) is 0 Å². The molecule has 0 bridgehead atoms. The number of nitrogens with one attached hydrogen (secondary N) is 2. The molecule has 2 N–H and O–H groups in total. The third kappa shape index (κ3) is 2.08. The molecule has 0 aliphatic heterocycles. The van der Waals surface area contributed by atoms with Crippen LogP contribution in [0.2, 0.25) is 3.72 Å². The van der Waals surface area contributed by atoms with Gasteiger partial charge < -0.3 is 0 Å². The van der Waals surface area contributed by atoms with E-state index in [0.29, 0.717) is 0 Å². The van der Waals surface area contributed by atoms with Gasteiger partial charge in [0.15, 0.2) is 0 Å². The van der Waals surface area contributed by atoms with Crippen molar-refractivity contribution >= 4 is 12.8 Å². The molecule has 0 fully saturated rings. The molecule has 5 heteroatoms. The molecule has 0 radical (unpaired) electrons. The van der Waals surface area contributed by atoms with Crippen LogP contribution in [0, 0.1) is 0 Å². The number of allylic oxidation sites excluding steroid dienone is 4. The van der Waals surface area contributed by atoms with Gasteiger partial charge in [0.05, 0.1) is 0 Å². The van der Waals surface area contributed by atoms with E-state index in [1.54, 1.807) is 0 Å². The fraction of sp³-hybridized carbons (Fsp3) is 0.538. The Hall–Kier alpha value is -0.866. The van der Waals surface area contributed by atoms with Crippen LogP contribution in [0.25, 0.3) is 0 Å². The van der Waals surface area contributed by atoms with E-state index >= 15 is 0 Å². The van der Waals surface area contributed by atoms with Gasteiger partial charge in [-0.25, -0.2) is 0 Å². The number of carbonyl (C=O) groups excluding carboxylic acids is 2. The number of rotatable bonds is 5. The van der Waals surface area contributed by atoms with Crippen molar-refractivity contribution in [1.82, 2.24) is 7.60 Å². The minimum absolute atomic E-state index is 0.114. The molecular weight excluding hydrogens is 264 g/mol. The van der Waals surface area contributed by atoms with E-state index in [1.807, 2.05) is 0 Å². The molecule has 2 aliphatic carbocycles. The summed E-state index contributed by atoms with van der Waals surface area (Å²) in [4.78, 5) is 21.6. The third-order valence-electron chi connectivity index (χ3n) is 4.20. The molecule has 2 amide bonds. The second-order valence-corrected chi connectivity index (χ2v) is 8.70. The average Bonchev–Trinajstić information content (AvgIpc) is 2.63. The summed E-state index contributed by atoms with van der Waals surface area (Å²) in [6.45, 7) is 4.29. The molecule has 0 aromatic carbocycles. The second kappa shape index (κ2) is 5.41. The van der Waals surface area contributed by atoms with Gasteiger partial charge in [0, 0.05) is 0 Å². The summed E-state index contributed by atoms with van der Waals surface area (Å²) in [5, 5.41) is 0. The molecule has 0 aromatic rings. The Labute approximate surface area is 114 Å². The molecule has 1 unspecified atom stereocenters. The van der Waals surface area contributed by atoms with Crippen molar-refractivity contribution in [1.29, 1.82) is 0 Å². The first kappa shape index (κ1) is 13.6. The van der Waals surface area contributed by atoms with E-state index in [2.05, 4.69) is 27.5 Å². The number of carbonyl (C=O) groups is 2. The Kier molecular flexibility index (Phi) is 4.08. The van der Waals surface area contributed by atoms with Crippen LogP contribution >= 0.6 is 0 Å². The Morgan fingerprint density at radius 3 is 2.44 bits per heavy atom. The van der Waals surface area contributed by atoms with Crippen molar-refractivity contribution in [2.45, 2.75) is 43.3 Å². The monoisotopic (exact) mass is 283 g/mol. The van der Waals surface area contributed by atoms with E-state index < -0.39 is 18.4 Å². The molecule has 2 aliphatic rings. The zero-order chi connectivity index (χ0) is 13.2. The van der Waals surface area contributed by atoms with Crippen LogP contribution in [0.5, 0.6) is 0 Å². The van der Waals surface area contributed by atoms with Crippen molar-refractivity contribution < 1.29 is 28.0 Å². The van der Waals surface area contributed by atoms with Crippen LogP contribution in [0.15, 0.2) is 22.8 Å². The second-order valence-electron chi connectivity index (χ2n) is 5.06. The Balaban J connectivity index is 2.37. The van der Waals surface area contributed by atoms with Gasteiger partial charge in [-0.1, -0.05) is 0 Å². The zero-order valence-corrected chi connectivity index (χ0v) is 12.4. The van der Waals surface area contributed by atoms with Crippen LogP contribution in [0.3, 0.4) is 0 Å². The van der Waals surface area contributed by atoms with Gasteiger partial charge in [-0.05, 0) is 0 Å². The number of hydrogen-bond acceptors (Lipinski definition) is 2. The zero-order valence-electron chi connectivity index (χ0n) is 10.9. The summed E-state index contributed by atoms with van der Waals surface area (Å²) in [6, 6.07) is 0. The van der Waals surface area contributed by atoms with Crippen LogP contribution in [-0.4, -0.2) is 12.8 Å². The van der Waals surface area contributed by atoms with Crippen LogP contribution in [-0.2, 0) is 28.0 Å². The molecule has 2 rings (SSSR count). The quantitative estimate of drug-likeness (QED) is 0.598. The molecule has 0 heterocycles. The fourth-order valence-corrected chi connectivity index (χ4v) is 6.14. The summed E-state index contributed by atoms with van der Waals surface area (Å²) in [7, 11) is 0. The molecule has 18 heavy (non-hydrogen) atoms. The maximum atomic E-state index is 10.8. The third-order valence-corrected chi connectivity index (χ3v) is 8.12. The summed E-state index contributed by atoms with van der Waals surface area (Å²) in [5.41, 5.74) is 4.17. The molecule has 0 saturated carbocycles. The first-order valence-electron chi connectivity index (χ1n) is 6.33. The minimum atomic E-state index is -2.23. The van der Waals surface area contributed by atoms with Crippen LogP contribution in [0.1, 0.15) is 39.5 Å². The number of amides is 2. The van der Waals surface area contributed by atoms with E-state index in [1.165, 1.54) is 29.6 Å². The Morgan fingerprint density at radius 1 is 1.22 bits per heavy atom. The molecule has 0 saturated heterocycles. The Bertz CT molecular complexity index is 421. The van der Waals surface area contributed by atoms with E-state index in [9.17, 15) is 9.59 Å². The molecular formula is C13H19N2O2Ti. The molecule has 0 aromatic heterocycles. The van der Waals surface area contributed by atoms with Gasteiger partial charge in [0.25, 0.3) is 0 Å². The van der Waals surface area contributed by atoms with Crippen molar-refractivity contribution in [3.05, 3.63) is 22.8 Å². The average molecular weight is 283 g/mol. The standard InChI is InChI=1S/C11H15.2CH3NO.Ti/c1-8-7-10-5-3-4-6-11(10)9(8)2;2*2-1-3;/h7H,3-6H2,1-2H3;2*1H,(H2,2,3);/q;;;+2/p-2. The summed E-state index contributed by atoms with van der Waals surface area (Å²) >= 11 is -2.23. The van der Waals surface area contributed by atoms with Gasteiger partial charge in [-0.2, -0.15) is 0 Å². The van der Waals surface area contributed by atoms with Crippen LogP contribution < -0.4 is 7.60 Å². The van der Waals surface area contributed by atoms with Crippen LogP contribution in [0.4, 0.5) is 0 Å². The molecule has 0 spiro atoms. The predicted molar refractivity (Wildman–Crippen MR) is 66.0 cm³/mol. The van der Waals surface area contributed by atoms with Gasteiger partial charge in [0.1, 0.15) is 0 Å². The van der Waals surface area contributed by atoms with Gasteiger partial charge in [-0.3, -0.25) is 0 Å². The summed E-state index contributed by atoms with van der Waals surface area (Å²) in [6.07, 6.45) is 8.41. The Morgan fingerprint density at radius 2 is 1.83 bits per heavy atom. The summed E-state index contributed by atoms with van der Waals surface area (Å²) in [5.74, 6) is 0. The van der Waals surface area contributed by atoms with E-state index in [0.717, 1.165) is 25.7 Å². The molecule has 97 valence electrons. The van der Waals surface area contributed by atoms with E-state index in [-0.39, 0.29) is 3.72 Å². The first-order chi connectivity index (χ1) is 8.64. The van der Waals surface area contributed by atoms with Crippen molar-refractivity contribution in [2.24, 2.45) is 0 Å². The predicted octanol–water partition coefficient (Wildman–Crippen LogP) is 1.94. The summed E-state index contributed by atoms with van der Waals surface area (Å²) < 4.78 is 5.68. The number of hydrogen-bond donors (Lipinski definition) is 2.